The van der Waals surface area contributed by atoms with Crippen molar-refractivity contribution < 1.29 is 19.3 Å². The monoisotopic (exact) mass is 238 g/mol. The van der Waals surface area contributed by atoms with Crippen LogP contribution in [0.2, 0.25) is 0 Å². The number of rotatable bonds is 4. The summed E-state index contributed by atoms with van der Waals surface area (Å²) >= 11 is 0. The Bertz CT molecular complexity index is 398. The van der Waals surface area contributed by atoms with E-state index in [0.717, 1.165) is 5.56 Å². The molecule has 1 aromatic carbocycles. The van der Waals surface area contributed by atoms with Crippen molar-refractivity contribution in [2.45, 2.75) is 13.0 Å². The first-order chi connectivity index (χ1) is 8.10. The van der Waals surface area contributed by atoms with E-state index in [4.69, 9.17) is 14.2 Å². The Kier molecular flexibility index (Phi) is 3.26. The van der Waals surface area contributed by atoms with Crippen LogP contribution in [0.1, 0.15) is 18.6 Å². The van der Waals surface area contributed by atoms with Gasteiger partial charge in [-0.25, -0.2) is 0 Å². The zero-order valence-corrected chi connectivity index (χ0v) is 10.4. The highest BCUT2D eigenvalue weighted by Crippen LogP contribution is 2.41. The minimum Gasteiger partial charge on any atom is -0.493 e. The maximum atomic E-state index is 10.3. The number of ether oxygens (including phenoxy) is 3. The molecular formula is C13H18O4. The number of aliphatic hydroxyl groups excluding tert-OH is 1. The normalized spacial score (nSPS) is 19.3. The molecule has 2 rings (SSSR count). The number of methoxy groups -OCH3 is 2. The topological polar surface area (TPSA) is 47.9 Å². The van der Waals surface area contributed by atoms with Crippen LogP contribution in [0.4, 0.5) is 0 Å². The van der Waals surface area contributed by atoms with E-state index in [0.29, 0.717) is 24.7 Å². The van der Waals surface area contributed by atoms with Crippen molar-refractivity contribution in [3.8, 4) is 11.5 Å². The molecule has 0 aromatic heterocycles. The molecule has 94 valence electrons. The largest absolute Gasteiger partial charge is 0.493 e. The van der Waals surface area contributed by atoms with Crippen LogP contribution in [0.3, 0.4) is 0 Å². The van der Waals surface area contributed by atoms with E-state index in [1.165, 1.54) is 0 Å². The Hall–Kier alpha value is -1.26. The quantitative estimate of drug-likeness (QED) is 0.868. The highest BCUT2D eigenvalue weighted by atomic mass is 16.5. The fraction of sp³-hybridized carbons (Fsp3) is 0.538. The van der Waals surface area contributed by atoms with Crippen LogP contribution in [-0.2, 0) is 4.74 Å². The second-order valence-corrected chi connectivity index (χ2v) is 4.66. The van der Waals surface area contributed by atoms with E-state index in [1.54, 1.807) is 20.3 Å². The number of hydrogen-bond donors (Lipinski definition) is 1. The van der Waals surface area contributed by atoms with Crippen LogP contribution in [-0.4, -0.2) is 32.5 Å². The average molecular weight is 238 g/mol. The Labute approximate surface area is 101 Å². The number of benzene rings is 1. The predicted molar refractivity (Wildman–Crippen MR) is 63.4 cm³/mol. The third kappa shape index (κ3) is 2.10. The van der Waals surface area contributed by atoms with Gasteiger partial charge in [0.05, 0.1) is 33.5 Å². The molecule has 1 fully saturated rings. The first-order valence-corrected chi connectivity index (χ1v) is 5.58. The summed E-state index contributed by atoms with van der Waals surface area (Å²) in [5.41, 5.74) is 0.632. The SMILES string of the molecule is COc1ccc(C(O)C2(C)COC2)cc1OC. The van der Waals surface area contributed by atoms with Crippen molar-refractivity contribution in [2.24, 2.45) is 5.41 Å². The molecule has 1 aliphatic rings. The molecule has 0 aliphatic carbocycles. The van der Waals surface area contributed by atoms with Crippen molar-refractivity contribution in [1.29, 1.82) is 0 Å². The van der Waals surface area contributed by atoms with E-state index in [2.05, 4.69) is 0 Å². The Balaban J connectivity index is 2.26. The summed E-state index contributed by atoms with van der Waals surface area (Å²) in [7, 11) is 3.18. The van der Waals surface area contributed by atoms with Crippen LogP contribution < -0.4 is 9.47 Å². The lowest BCUT2D eigenvalue weighted by Crippen LogP contribution is -2.44. The third-order valence-electron chi connectivity index (χ3n) is 3.25. The summed E-state index contributed by atoms with van der Waals surface area (Å²) in [6.45, 7) is 3.18. The second kappa shape index (κ2) is 4.55. The molecule has 0 saturated carbocycles. The summed E-state index contributed by atoms with van der Waals surface area (Å²) in [6, 6.07) is 5.48. The van der Waals surface area contributed by atoms with Gasteiger partial charge in [-0.05, 0) is 17.7 Å². The Morgan fingerprint density at radius 2 is 1.88 bits per heavy atom. The van der Waals surface area contributed by atoms with Crippen LogP contribution >= 0.6 is 0 Å². The van der Waals surface area contributed by atoms with Gasteiger partial charge < -0.3 is 19.3 Å². The minimum absolute atomic E-state index is 0.195. The molecule has 1 unspecified atom stereocenters. The third-order valence-corrected chi connectivity index (χ3v) is 3.25. The molecule has 0 amide bonds. The fourth-order valence-corrected chi connectivity index (χ4v) is 2.01. The summed E-state index contributed by atoms with van der Waals surface area (Å²) in [5.74, 6) is 1.30. The van der Waals surface area contributed by atoms with Gasteiger partial charge in [-0.2, -0.15) is 0 Å². The van der Waals surface area contributed by atoms with Crippen LogP contribution in [0.5, 0.6) is 11.5 Å². The van der Waals surface area contributed by atoms with Crippen molar-refractivity contribution in [3.63, 3.8) is 0 Å². The van der Waals surface area contributed by atoms with Gasteiger partial charge in [-0.3, -0.25) is 0 Å². The van der Waals surface area contributed by atoms with Gasteiger partial charge in [0.1, 0.15) is 0 Å². The lowest BCUT2D eigenvalue weighted by atomic mass is 9.79. The predicted octanol–water partition coefficient (Wildman–Crippen LogP) is 1.77. The molecule has 4 nitrogen and oxygen atoms in total. The Morgan fingerprint density at radius 1 is 1.24 bits per heavy atom. The molecule has 4 heteroatoms. The summed E-state index contributed by atoms with van der Waals surface area (Å²) in [6.07, 6.45) is -0.545. The van der Waals surface area contributed by atoms with E-state index >= 15 is 0 Å². The van der Waals surface area contributed by atoms with Crippen LogP contribution in [0.25, 0.3) is 0 Å². The smallest absolute Gasteiger partial charge is 0.161 e. The average Bonchev–Trinajstić information content (AvgIpc) is 2.34. The molecular weight excluding hydrogens is 220 g/mol. The minimum atomic E-state index is -0.545. The molecule has 0 radical (unpaired) electrons. The van der Waals surface area contributed by atoms with Gasteiger partial charge in [0.25, 0.3) is 0 Å². The van der Waals surface area contributed by atoms with Gasteiger partial charge in [0, 0.05) is 5.41 Å². The maximum absolute atomic E-state index is 10.3. The first kappa shape index (κ1) is 12.2. The molecule has 1 atom stereocenters. The molecule has 1 aliphatic heterocycles. The lowest BCUT2D eigenvalue weighted by Gasteiger charge is -2.42. The van der Waals surface area contributed by atoms with Crippen molar-refractivity contribution in [1.82, 2.24) is 0 Å². The highest BCUT2D eigenvalue weighted by Gasteiger charge is 2.41. The zero-order chi connectivity index (χ0) is 12.5. The molecule has 1 aromatic rings. The van der Waals surface area contributed by atoms with E-state index < -0.39 is 6.10 Å². The van der Waals surface area contributed by atoms with Crippen molar-refractivity contribution in [3.05, 3.63) is 23.8 Å². The molecule has 1 heterocycles. The molecule has 1 saturated heterocycles. The van der Waals surface area contributed by atoms with Gasteiger partial charge in [0.2, 0.25) is 0 Å². The Morgan fingerprint density at radius 3 is 2.35 bits per heavy atom. The van der Waals surface area contributed by atoms with E-state index in [-0.39, 0.29) is 5.41 Å². The molecule has 0 bridgehead atoms. The molecule has 1 N–H and O–H groups in total. The first-order valence-electron chi connectivity index (χ1n) is 5.58. The van der Waals surface area contributed by atoms with Gasteiger partial charge >= 0.3 is 0 Å². The second-order valence-electron chi connectivity index (χ2n) is 4.66. The number of aliphatic hydroxyl groups is 1. The summed E-state index contributed by atoms with van der Waals surface area (Å²) in [5, 5.41) is 10.3. The molecule has 17 heavy (non-hydrogen) atoms. The highest BCUT2D eigenvalue weighted by molar-refractivity contribution is 5.43. The van der Waals surface area contributed by atoms with Crippen molar-refractivity contribution in [2.75, 3.05) is 27.4 Å². The van der Waals surface area contributed by atoms with E-state index in [9.17, 15) is 5.11 Å². The summed E-state index contributed by atoms with van der Waals surface area (Å²) < 4.78 is 15.6. The fourth-order valence-electron chi connectivity index (χ4n) is 2.01. The van der Waals surface area contributed by atoms with Crippen LogP contribution in [0, 0.1) is 5.41 Å². The molecule has 0 spiro atoms. The lowest BCUT2D eigenvalue weighted by molar-refractivity contribution is -0.163. The van der Waals surface area contributed by atoms with Crippen molar-refractivity contribution >= 4 is 0 Å². The van der Waals surface area contributed by atoms with Gasteiger partial charge in [0.15, 0.2) is 11.5 Å². The standard InChI is InChI=1S/C13H18O4/c1-13(7-17-8-13)12(14)9-4-5-10(15-2)11(6-9)16-3/h4-6,12,14H,7-8H2,1-3H3. The van der Waals surface area contributed by atoms with E-state index in [1.807, 2.05) is 19.1 Å². The maximum Gasteiger partial charge on any atom is 0.161 e. The van der Waals surface area contributed by atoms with Gasteiger partial charge in [-0.1, -0.05) is 13.0 Å². The van der Waals surface area contributed by atoms with Gasteiger partial charge in [-0.15, -0.1) is 0 Å². The summed E-state index contributed by atoms with van der Waals surface area (Å²) in [4.78, 5) is 0. The number of hydrogen-bond acceptors (Lipinski definition) is 4. The zero-order valence-electron chi connectivity index (χ0n) is 10.4. The van der Waals surface area contributed by atoms with Crippen LogP contribution in [0.15, 0.2) is 18.2 Å².